The number of nitrogens with zero attached hydrogens (tertiary/aromatic N) is 6. The van der Waals surface area contributed by atoms with Crippen molar-refractivity contribution in [2.45, 2.75) is 25.4 Å². The van der Waals surface area contributed by atoms with E-state index in [0.29, 0.717) is 19.1 Å². The van der Waals surface area contributed by atoms with Gasteiger partial charge in [0.1, 0.15) is 12.4 Å². The van der Waals surface area contributed by atoms with Crippen molar-refractivity contribution in [2.24, 2.45) is 0 Å². The van der Waals surface area contributed by atoms with Crippen LogP contribution in [-0.2, 0) is 11.3 Å². The van der Waals surface area contributed by atoms with E-state index in [0.717, 1.165) is 24.0 Å². The van der Waals surface area contributed by atoms with Crippen molar-refractivity contribution in [3.63, 3.8) is 0 Å². The molecule has 8 heteroatoms. The molecular weight excluding hydrogens is 335 g/mol. The van der Waals surface area contributed by atoms with E-state index in [9.17, 15) is 9.18 Å². The monoisotopic (exact) mass is 354 g/mol. The number of rotatable bonds is 4. The van der Waals surface area contributed by atoms with Crippen LogP contribution in [-0.4, -0.2) is 48.7 Å². The first-order valence-corrected chi connectivity index (χ1v) is 8.61. The summed E-state index contributed by atoms with van der Waals surface area (Å²) in [6.45, 7) is 1.61. The molecule has 4 rings (SSSR count). The van der Waals surface area contributed by atoms with Gasteiger partial charge >= 0.3 is 0 Å². The summed E-state index contributed by atoms with van der Waals surface area (Å²) in [6, 6.07) is 6.53. The molecule has 1 aromatic carbocycles. The van der Waals surface area contributed by atoms with Gasteiger partial charge in [-0.3, -0.25) is 9.48 Å². The van der Waals surface area contributed by atoms with Crippen LogP contribution in [0.25, 0.3) is 11.1 Å². The minimum atomic E-state index is -0.273. The van der Waals surface area contributed by atoms with Crippen molar-refractivity contribution < 1.29 is 9.18 Å². The molecule has 1 saturated heterocycles. The highest BCUT2D eigenvalue weighted by molar-refractivity contribution is 5.76. The SMILES string of the molecule is O=C(Cn1cc(-c2ccc(F)cc2)cn1)N1CCC(n2ccnn2)CC1. The Kier molecular flexibility index (Phi) is 4.47. The number of amides is 1. The zero-order valence-electron chi connectivity index (χ0n) is 14.2. The Morgan fingerprint density at radius 2 is 1.92 bits per heavy atom. The molecule has 1 aliphatic heterocycles. The maximum Gasteiger partial charge on any atom is 0.244 e. The third-order valence-electron chi connectivity index (χ3n) is 4.74. The Bertz CT molecular complexity index is 865. The van der Waals surface area contributed by atoms with Crippen molar-refractivity contribution in [3.8, 4) is 11.1 Å². The molecule has 3 heterocycles. The van der Waals surface area contributed by atoms with Crippen LogP contribution in [0.1, 0.15) is 18.9 Å². The molecule has 3 aromatic rings. The van der Waals surface area contributed by atoms with E-state index in [1.54, 1.807) is 29.2 Å². The summed E-state index contributed by atoms with van der Waals surface area (Å²) < 4.78 is 16.5. The molecule has 1 amide bonds. The molecule has 0 atom stereocenters. The summed E-state index contributed by atoms with van der Waals surface area (Å²) in [7, 11) is 0. The van der Waals surface area contributed by atoms with E-state index in [1.807, 2.05) is 22.0 Å². The summed E-state index contributed by atoms with van der Waals surface area (Å²) in [5, 5.41) is 12.1. The third kappa shape index (κ3) is 3.49. The number of hydrogen-bond donors (Lipinski definition) is 0. The van der Waals surface area contributed by atoms with Crippen molar-refractivity contribution in [1.29, 1.82) is 0 Å². The Morgan fingerprint density at radius 1 is 1.15 bits per heavy atom. The molecule has 2 aromatic heterocycles. The minimum absolute atomic E-state index is 0.0517. The molecule has 0 bridgehead atoms. The Balaban J connectivity index is 1.35. The molecule has 134 valence electrons. The molecule has 26 heavy (non-hydrogen) atoms. The predicted octanol–water partition coefficient (Wildman–Crippen LogP) is 2.14. The van der Waals surface area contributed by atoms with E-state index in [4.69, 9.17) is 0 Å². The quantitative estimate of drug-likeness (QED) is 0.720. The van der Waals surface area contributed by atoms with Crippen LogP contribution in [0.3, 0.4) is 0 Å². The van der Waals surface area contributed by atoms with Crippen LogP contribution in [0.4, 0.5) is 4.39 Å². The fraction of sp³-hybridized carbons (Fsp3) is 0.333. The second kappa shape index (κ2) is 7.07. The van der Waals surface area contributed by atoms with E-state index in [1.165, 1.54) is 12.1 Å². The first-order valence-electron chi connectivity index (χ1n) is 8.61. The molecule has 1 aliphatic rings. The molecule has 0 N–H and O–H groups in total. The van der Waals surface area contributed by atoms with Crippen LogP contribution in [0, 0.1) is 5.82 Å². The second-order valence-electron chi connectivity index (χ2n) is 6.43. The number of piperidine rings is 1. The van der Waals surface area contributed by atoms with Gasteiger partial charge in [-0.15, -0.1) is 5.10 Å². The molecule has 1 fully saturated rings. The Hall–Kier alpha value is -3.03. The van der Waals surface area contributed by atoms with Crippen LogP contribution in [0.5, 0.6) is 0 Å². The van der Waals surface area contributed by atoms with Crippen LogP contribution in [0.15, 0.2) is 49.1 Å². The van der Waals surface area contributed by atoms with Crippen LogP contribution in [0.2, 0.25) is 0 Å². The smallest absolute Gasteiger partial charge is 0.244 e. The van der Waals surface area contributed by atoms with Gasteiger partial charge in [0.05, 0.1) is 18.4 Å². The predicted molar refractivity (Wildman–Crippen MR) is 92.5 cm³/mol. The largest absolute Gasteiger partial charge is 0.341 e. The lowest BCUT2D eigenvalue weighted by Gasteiger charge is -2.31. The van der Waals surface area contributed by atoms with E-state index < -0.39 is 0 Å². The van der Waals surface area contributed by atoms with E-state index in [-0.39, 0.29) is 18.3 Å². The summed E-state index contributed by atoms with van der Waals surface area (Å²) in [4.78, 5) is 14.4. The Labute approximate surface area is 150 Å². The molecule has 7 nitrogen and oxygen atoms in total. The van der Waals surface area contributed by atoms with Gasteiger partial charge in [-0.25, -0.2) is 9.07 Å². The molecule has 0 spiro atoms. The fourth-order valence-electron chi connectivity index (χ4n) is 3.27. The number of hydrogen-bond acceptors (Lipinski definition) is 4. The van der Waals surface area contributed by atoms with Crippen molar-refractivity contribution in [2.75, 3.05) is 13.1 Å². The van der Waals surface area contributed by atoms with Gasteiger partial charge in [-0.05, 0) is 30.5 Å². The van der Waals surface area contributed by atoms with Gasteiger partial charge in [0.2, 0.25) is 5.91 Å². The number of carbonyl (C=O) groups is 1. The second-order valence-corrected chi connectivity index (χ2v) is 6.43. The number of aromatic nitrogens is 5. The normalized spacial score (nSPS) is 15.3. The summed E-state index contributed by atoms with van der Waals surface area (Å²) >= 11 is 0. The zero-order chi connectivity index (χ0) is 17.9. The van der Waals surface area contributed by atoms with Crippen molar-refractivity contribution in [3.05, 3.63) is 54.9 Å². The lowest BCUT2D eigenvalue weighted by molar-refractivity contribution is -0.133. The number of likely N-dealkylation sites (tertiary alicyclic amines) is 1. The average Bonchev–Trinajstić information content (AvgIpc) is 3.35. The zero-order valence-corrected chi connectivity index (χ0v) is 14.2. The van der Waals surface area contributed by atoms with Gasteiger partial charge in [0, 0.05) is 31.0 Å². The first kappa shape index (κ1) is 16.4. The van der Waals surface area contributed by atoms with Gasteiger partial charge < -0.3 is 4.90 Å². The topological polar surface area (TPSA) is 68.8 Å². The third-order valence-corrected chi connectivity index (χ3v) is 4.74. The number of benzene rings is 1. The highest BCUT2D eigenvalue weighted by Crippen LogP contribution is 2.22. The number of halogens is 1. The number of carbonyl (C=O) groups excluding carboxylic acids is 1. The van der Waals surface area contributed by atoms with Crippen LogP contribution >= 0.6 is 0 Å². The average molecular weight is 354 g/mol. The van der Waals surface area contributed by atoms with Gasteiger partial charge in [0.25, 0.3) is 0 Å². The van der Waals surface area contributed by atoms with E-state index in [2.05, 4.69) is 15.4 Å². The molecular formula is C18H19FN6O. The van der Waals surface area contributed by atoms with Crippen molar-refractivity contribution in [1.82, 2.24) is 29.7 Å². The summed E-state index contributed by atoms with van der Waals surface area (Å²) in [6.07, 6.45) is 8.78. The van der Waals surface area contributed by atoms with E-state index >= 15 is 0 Å². The van der Waals surface area contributed by atoms with Crippen molar-refractivity contribution >= 4 is 5.91 Å². The fourth-order valence-corrected chi connectivity index (χ4v) is 3.27. The first-order chi connectivity index (χ1) is 12.7. The maximum absolute atomic E-state index is 13.0. The lowest BCUT2D eigenvalue weighted by atomic mass is 10.1. The maximum atomic E-state index is 13.0. The standard InChI is InChI=1S/C18H19FN6O/c19-16-3-1-14(2-4-16)15-11-21-24(12-15)13-18(26)23-8-5-17(6-9-23)25-10-7-20-22-25/h1-4,7,10-12,17H,5-6,8-9,13H2. The van der Waals surface area contributed by atoms with Gasteiger partial charge in [0.15, 0.2) is 0 Å². The Morgan fingerprint density at radius 3 is 2.62 bits per heavy atom. The molecule has 0 aliphatic carbocycles. The minimum Gasteiger partial charge on any atom is -0.341 e. The highest BCUT2D eigenvalue weighted by atomic mass is 19.1. The van der Waals surface area contributed by atoms with Gasteiger partial charge in [-0.1, -0.05) is 17.3 Å². The summed E-state index contributed by atoms with van der Waals surface area (Å²) in [5.41, 5.74) is 1.74. The van der Waals surface area contributed by atoms with Crippen LogP contribution < -0.4 is 0 Å². The molecule has 0 radical (unpaired) electrons. The molecule has 0 saturated carbocycles. The summed E-state index contributed by atoms with van der Waals surface area (Å²) in [5.74, 6) is -0.221. The molecule has 0 unspecified atom stereocenters. The van der Waals surface area contributed by atoms with Gasteiger partial charge in [-0.2, -0.15) is 5.10 Å². The lowest BCUT2D eigenvalue weighted by Crippen LogP contribution is -2.40. The highest BCUT2D eigenvalue weighted by Gasteiger charge is 2.24.